The molecule has 6 rings (SSSR count). The molecule has 0 spiro atoms. The molecule has 4 heterocycles. The second-order valence-corrected chi connectivity index (χ2v) is 9.65. The van der Waals surface area contributed by atoms with Crippen molar-refractivity contribution in [3.63, 3.8) is 0 Å². The van der Waals surface area contributed by atoms with Crippen LogP contribution < -0.4 is 0 Å². The highest BCUT2D eigenvalue weighted by Gasteiger charge is 2.34. The molecule has 0 radical (unpaired) electrons. The molecular weight excluding hydrogens is 484 g/mol. The average Bonchev–Trinajstić information content (AvgIpc) is 3.60. The highest BCUT2D eigenvalue weighted by molar-refractivity contribution is 7.21. The minimum atomic E-state index is -0.554. The van der Waals surface area contributed by atoms with Crippen molar-refractivity contribution in [3.8, 4) is 22.5 Å². The van der Waals surface area contributed by atoms with Gasteiger partial charge in [-0.1, -0.05) is 36.4 Å². The summed E-state index contributed by atoms with van der Waals surface area (Å²) in [6, 6.07) is 23.5. The van der Waals surface area contributed by atoms with Crippen LogP contribution in [-0.4, -0.2) is 32.8 Å². The Labute approximate surface area is 216 Å². The van der Waals surface area contributed by atoms with Crippen LogP contribution in [0.5, 0.6) is 0 Å². The van der Waals surface area contributed by atoms with E-state index in [0.717, 1.165) is 42.6 Å². The first-order valence-electron chi connectivity index (χ1n) is 11.8. The van der Waals surface area contributed by atoms with E-state index in [1.165, 1.54) is 11.3 Å². The van der Waals surface area contributed by atoms with E-state index in [0.29, 0.717) is 16.9 Å². The highest BCUT2D eigenvalue weighted by atomic mass is 32.1. The van der Waals surface area contributed by atoms with Crippen LogP contribution in [0.2, 0.25) is 0 Å². The molecule has 2 amide bonds. The zero-order chi connectivity index (χ0) is 25.7. The molecule has 1 aliphatic heterocycles. The lowest BCUT2D eigenvalue weighted by Crippen LogP contribution is -2.42. The van der Waals surface area contributed by atoms with Gasteiger partial charge in [-0.15, -0.1) is 11.3 Å². The normalized spacial score (nSPS) is 15.4. The molecule has 3 aromatic heterocycles. The van der Waals surface area contributed by atoms with Gasteiger partial charge in [0.2, 0.25) is 0 Å². The van der Waals surface area contributed by atoms with Crippen LogP contribution in [0.3, 0.4) is 0 Å². The van der Waals surface area contributed by atoms with Gasteiger partial charge in [0.05, 0.1) is 4.70 Å². The number of imide groups is 1. The third-order valence-corrected chi connectivity index (χ3v) is 7.47. The summed E-state index contributed by atoms with van der Waals surface area (Å²) in [7, 11) is 0. The molecule has 0 aliphatic carbocycles. The van der Waals surface area contributed by atoms with Gasteiger partial charge in [0.25, 0.3) is 11.8 Å². The third kappa shape index (κ3) is 3.60. The number of hydrogen-bond donors (Lipinski definition) is 0. The number of nitrogens with zero attached hydrogens (tertiary/aromatic N) is 4. The van der Waals surface area contributed by atoms with Crippen LogP contribution in [-0.2, 0) is 9.59 Å². The number of para-hydroxylation sites is 2. The van der Waals surface area contributed by atoms with Crippen molar-refractivity contribution in [1.29, 1.82) is 5.26 Å². The van der Waals surface area contributed by atoms with E-state index in [2.05, 4.69) is 0 Å². The summed E-state index contributed by atoms with van der Waals surface area (Å²) in [5.41, 5.74) is 3.81. The summed E-state index contributed by atoms with van der Waals surface area (Å²) in [6.07, 6.45) is 1.74. The Morgan fingerprint density at radius 3 is 2.54 bits per heavy atom. The third-order valence-electron chi connectivity index (χ3n) is 6.47. The number of rotatable bonds is 4. The van der Waals surface area contributed by atoms with Crippen LogP contribution in [0.1, 0.15) is 19.5 Å². The van der Waals surface area contributed by atoms with Gasteiger partial charge in [0, 0.05) is 28.9 Å². The standard InChI is InChI=1S/C29H20N4O3S/c1-3-32-28(34)21(17(2)22(16-30)29(32)35)14-20-15-25-26(33(20)19-10-5-4-6-11-19)31-27(37-25)24-13-18-9-7-8-12-23(18)36-24/h4-15H,3H2,1-2H3/b21-14-. The lowest BCUT2D eigenvalue weighted by atomic mass is 9.94. The number of thiazole rings is 1. The van der Waals surface area contributed by atoms with E-state index in [-0.39, 0.29) is 12.1 Å². The maximum absolute atomic E-state index is 13.2. The maximum atomic E-state index is 13.2. The largest absolute Gasteiger partial charge is 0.454 e. The molecule has 0 fully saturated rings. The molecule has 1 aliphatic rings. The number of hydrogen-bond acceptors (Lipinski definition) is 6. The molecule has 0 bridgehead atoms. The first-order chi connectivity index (χ1) is 18.0. The number of nitriles is 1. The molecular formula is C29H20N4O3S. The van der Waals surface area contributed by atoms with E-state index in [4.69, 9.17) is 9.40 Å². The van der Waals surface area contributed by atoms with Crippen LogP contribution in [0.4, 0.5) is 0 Å². The zero-order valence-electron chi connectivity index (χ0n) is 20.1. The van der Waals surface area contributed by atoms with Gasteiger partial charge in [0.1, 0.15) is 17.2 Å². The molecule has 0 atom stereocenters. The smallest absolute Gasteiger partial charge is 0.271 e. The van der Waals surface area contributed by atoms with Gasteiger partial charge in [-0.3, -0.25) is 19.1 Å². The Hall–Kier alpha value is -4.74. The number of aromatic nitrogens is 2. The maximum Gasteiger partial charge on any atom is 0.271 e. The van der Waals surface area contributed by atoms with E-state index in [9.17, 15) is 14.9 Å². The fourth-order valence-corrected chi connectivity index (χ4v) is 5.56. The number of furan rings is 1. The molecule has 8 heteroatoms. The van der Waals surface area contributed by atoms with Crippen LogP contribution >= 0.6 is 11.3 Å². The van der Waals surface area contributed by atoms with Gasteiger partial charge < -0.3 is 4.42 Å². The fourth-order valence-electron chi connectivity index (χ4n) is 4.61. The van der Waals surface area contributed by atoms with Gasteiger partial charge in [0.15, 0.2) is 16.4 Å². The minimum Gasteiger partial charge on any atom is -0.454 e. The molecule has 5 aromatic rings. The summed E-state index contributed by atoms with van der Waals surface area (Å²) in [6.45, 7) is 3.54. The predicted octanol–water partition coefficient (Wildman–Crippen LogP) is 6.11. The summed E-state index contributed by atoms with van der Waals surface area (Å²) < 4.78 is 8.94. The first kappa shape index (κ1) is 22.7. The Morgan fingerprint density at radius 2 is 1.81 bits per heavy atom. The average molecular weight is 505 g/mol. The Balaban J connectivity index is 1.56. The van der Waals surface area contributed by atoms with Crippen molar-refractivity contribution in [2.75, 3.05) is 6.54 Å². The summed E-state index contributed by atoms with van der Waals surface area (Å²) >= 11 is 1.50. The molecule has 0 saturated carbocycles. The Kier molecular flexibility index (Phi) is 5.36. The summed E-state index contributed by atoms with van der Waals surface area (Å²) in [5, 5.41) is 11.4. The molecule has 7 nitrogen and oxygen atoms in total. The molecule has 0 unspecified atom stereocenters. The van der Waals surface area contributed by atoms with Crippen molar-refractivity contribution >= 4 is 50.5 Å². The Bertz CT molecular complexity index is 1800. The fraction of sp³-hybridized carbons (Fsp3) is 0.103. The van der Waals surface area contributed by atoms with Gasteiger partial charge in [-0.25, -0.2) is 4.98 Å². The lowest BCUT2D eigenvalue weighted by Gasteiger charge is -2.26. The molecule has 0 N–H and O–H groups in total. The molecule has 37 heavy (non-hydrogen) atoms. The van der Waals surface area contributed by atoms with E-state index < -0.39 is 11.8 Å². The van der Waals surface area contributed by atoms with Crippen molar-refractivity contribution in [2.24, 2.45) is 0 Å². The predicted molar refractivity (Wildman–Crippen MR) is 143 cm³/mol. The minimum absolute atomic E-state index is 0.0161. The number of likely N-dealkylation sites (N-methyl/N-ethyl adjacent to an activating group) is 1. The summed E-state index contributed by atoms with van der Waals surface area (Å²) in [4.78, 5) is 31.9. The summed E-state index contributed by atoms with van der Waals surface area (Å²) in [5.74, 6) is -0.274. The number of carbonyl (C=O) groups is 2. The van der Waals surface area contributed by atoms with Crippen LogP contribution in [0.15, 0.2) is 87.9 Å². The number of amides is 2. The number of fused-ring (bicyclic) bond motifs is 2. The number of carbonyl (C=O) groups excluding carboxylic acids is 2. The Morgan fingerprint density at radius 1 is 1.05 bits per heavy atom. The quantitative estimate of drug-likeness (QED) is 0.217. The SMILES string of the molecule is CCN1C(=O)C(C#N)=C(C)/C(=C/c2cc3sc(-c4cc5ccccc5o4)nc3n2-c2ccccc2)C1=O. The van der Waals surface area contributed by atoms with E-state index in [1.54, 1.807) is 19.9 Å². The van der Waals surface area contributed by atoms with Gasteiger partial charge in [-0.2, -0.15) is 5.26 Å². The van der Waals surface area contributed by atoms with Gasteiger partial charge >= 0.3 is 0 Å². The van der Waals surface area contributed by atoms with E-state index >= 15 is 0 Å². The highest BCUT2D eigenvalue weighted by Crippen LogP contribution is 2.37. The van der Waals surface area contributed by atoms with Crippen molar-refractivity contribution in [1.82, 2.24) is 14.5 Å². The molecule has 180 valence electrons. The van der Waals surface area contributed by atoms with Crippen LogP contribution in [0.25, 0.3) is 43.8 Å². The van der Waals surface area contributed by atoms with Crippen LogP contribution in [0, 0.1) is 11.3 Å². The van der Waals surface area contributed by atoms with E-state index in [1.807, 2.05) is 77.4 Å². The van der Waals surface area contributed by atoms with Crippen molar-refractivity contribution in [3.05, 3.63) is 89.1 Å². The zero-order valence-corrected chi connectivity index (χ0v) is 20.9. The lowest BCUT2D eigenvalue weighted by molar-refractivity contribution is -0.140. The van der Waals surface area contributed by atoms with Crippen molar-refractivity contribution in [2.45, 2.75) is 13.8 Å². The molecule has 2 aromatic carbocycles. The monoisotopic (exact) mass is 504 g/mol. The molecule has 0 saturated heterocycles. The number of benzene rings is 2. The van der Waals surface area contributed by atoms with Crippen molar-refractivity contribution < 1.29 is 14.0 Å². The van der Waals surface area contributed by atoms with Gasteiger partial charge in [-0.05, 0) is 55.8 Å². The topological polar surface area (TPSA) is 92.1 Å². The second-order valence-electron chi connectivity index (χ2n) is 8.62. The second kappa shape index (κ2) is 8.73. The first-order valence-corrected chi connectivity index (χ1v) is 12.6.